The van der Waals surface area contributed by atoms with Gasteiger partial charge in [-0.05, 0) is 25.3 Å². The third-order valence-corrected chi connectivity index (χ3v) is 4.16. The van der Waals surface area contributed by atoms with Crippen LogP contribution in [0.5, 0.6) is 5.75 Å². The van der Waals surface area contributed by atoms with Crippen LogP contribution in [0.15, 0.2) is 18.2 Å². The van der Waals surface area contributed by atoms with Gasteiger partial charge in [0.2, 0.25) is 0 Å². The molecule has 1 fully saturated rings. The number of nitrogens with zero attached hydrogens (tertiary/aromatic N) is 1. The predicted octanol–water partition coefficient (Wildman–Crippen LogP) is 2.85. The van der Waals surface area contributed by atoms with E-state index in [4.69, 9.17) is 5.11 Å². The second kappa shape index (κ2) is 8.13. The summed E-state index contributed by atoms with van der Waals surface area (Å²) in [5.74, 6) is -1.42. The number of carboxylic acids is 1. The van der Waals surface area contributed by atoms with E-state index in [2.05, 4.69) is 10.1 Å². The van der Waals surface area contributed by atoms with Crippen LogP contribution in [0.1, 0.15) is 24.5 Å². The van der Waals surface area contributed by atoms with Gasteiger partial charge in [-0.2, -0.15) is 8.78 Å². The van der Waals surface area contributed by atoms with Crippen LogP contribution in [0.25, 0.3) is 0 Å². The van der Waals surface area contributed by atoms with E-state index in [1.807, 2.05) is 6.92 Å². The van der Waals surface area contributed by atoms with Crippen molar-refractivity contribution in [3.63, 3.8) is 0 Å². The molecular formula is C17H22F2N2O4. The number of hydrogen-bond acceptors (Lipinski definition) is 3. The molecule has 0 radical (unpaired) electrons. The Labute approximate surface area is 144 Å². The lowest BCUT2D eigenvalue weighted by atomic mass is 9.91. The van der Waals surface area contributed by atoms with E-state index in [1.54, 1.807) is 19.1 Å². The van der Waals surface area contributed by atoms with E-state index in [-0.39, 0.29) is 24.8 Å². The van der Waals surface area contributed by atoms with Crippen LogP contribution < -0.4 is 10.1 Å². The molecule has 1 heterocycles. The smallest absolute Gasteiger partial charge is 0.387 e. The minimum atomic E-state index is -2.95. The van der Waals surface area contributed by atoms with Crippen LogP contribution in [-0.2, 0) is 11.3 Å². The number of carbonyl (C=O) groups is 2. The van der Waals surface area contributed by atoms with E-state index >= 15 is 0 Å². The number of hydrogen-bond donors (Lipinski definition) is 2. The molecule has 0 saturated carbocycles. The van der Waals surface area contributed by atoms with Crippen LogP contribution in [0, 0.1) is 18.8 Å². The number of carboxylic acid groups (broad SMARTS) is 1. The van der Waals surface area contributed by atoms with Crippen molar-refractivity contribution in [2.24, 2.45) is 11.8 Å². The summed E-state index contributed by atoms with van der Waals surface area (Å²) in [6, 6.07) is 4.33. The van der Waals surface area contributed by atoms with Crippen molar-refractivity contribution in [1.29, 1.82) is 0 Å². The predicted molar refractivity (Wildman–Crippen MR) is 86.5 cm³/mol. The molecule has 25 heavy (non-hydrogen) atoms. The maximum atomic E-state index is 12.5. The van der Waals surface area contributed by atoms with E-state index < -0.39 is 24.5 Å². The van der Waals surface area contributed by atoms with Crippen molar-refractivity contribution in [2.75, 3.05) is 13.1 Å². The number of nitrogens with one attached hydrogen (secondary N) is 1. The van der Waals surface area contributed by atoms with Gasteiger partial charge in [-0.3, -0.25) is 4.79 Å². The van der Waals surface area contributed by atoms with Crippen LogP contribution in [-0.4, -0.2) is 41.7 Å². The number of alkyl halides is 2. The number of aryl methyl sites for hydroxylation is 1. The maximum Gasteiger partial charge on any atom is 0.387 e. The van der Waals surface area contributed by atoms with E-state index in [0.717, 1.165) is 5.56 Å². The summed E-state index contributed by atoms with van der Waals surface area (Å²) in [6.45, 7) is 1.37. The molecule has 1 aromatic rings. The molecule has 8 heteroatoms. The highest BCUT2D eigenvalue weighted by molar-refractivity contribution is 5.76. The van der Waals surface area contributed by atoms with Crippen LogP contribution in [0.4, 0.5) is 13.6 Å². The molecule has 138 valence electrons. The Morgan fingerprint density at radius 3 is 2.76 bits per heavy atom. The average molecular weight is 356 g/mol. The lowest BCUT2D eigenvalue weighted by Crippen LogP contribution is -2.49. The number of rotatable bonds is 5. The molecule has 2 rings (SSSR count). The van der Waals surface area contributed by atoms with Gasteiger partial charge in [-0.15, -0.1) is 0 Å². The molecule has 1 aromatic carbocycles. The standard InChI is InChI=1S/C17H22F2N2O4/c1-10-3-4-14(25-16(18)19)12(5-10)7-20-17(24)21-8-11(2)6-13(9-21)15(22)23/h3-5,11,13,16H,6-9H2,1-2H3,(H,20,24)(H,22,23). The largest absolute Gasteiger partial charge is 0.481 e. The minimum Gasteiger partial charge on any atom is -0.481 e. The molecule has 2 atom stereocenters. The second-order valence-corrected chi connectivity index (χ2v) is 6.43. The Kier molecular flexibility index (Phi) is 6.17. The third-order valence-electron chi connectivity index (χ3n) is 4.16. The van der Waals surface area contributed by atoms with Gasteiger partial charge in [0.05, 0.1) is 5.92 Å². The first-order chi connectivity index (χ1) is 11.8. The average Bonchev–Trinajstić information content (AvgIpc) is 2.53. The van der Waals surface area contributed by atoms with Crippen molar-refractivity contribution >= 4 is 12.0 Å². The van der Waals surface area contributed by atoms with Gasteiger partial charge in [0.25, 0.3) is 0 Å². The molecule has 1 aliphatic rings. The highest BCUT2D eigenvalue weighted by atomic mass is 19.3. The first kappa shape index (κ1) is 19.0. The lowest BCUT2D eigenvalue weighted by molar-refractivity contribution is -0.143. The Morgan fingerprint density at radius 1 is 1.40 bits per heavy atom. The quantitative estimate of drug-likeness (QED) is 0.850. The Balaban J connectivity index is 2.02. The highest BCUT2D eigenvalue weighted by Gasteiger charge is 2.31. The van der Waals surface area contributed by atoms with E-state index in [9.17, 15) is 18.4 Å². The molecule has 0 aliphatic carbocycles. The second-order valence-electron chi connectivity index (χ2n) is 6.43. The molecule has 2 N–H and O–H groups in total. The normalized spacial score (nSPS) is 20.4. The maximum absolute atomic E-state index is 12.5. The monoisotopic (exact) mass is 356 g/mol. The summed E-state index contributed by atoms with van der Waals surface area (Å²) in [7, 11) is 0. The zero-order chi connectivity index (χ0) is 18.6. The van der Waals surface area contributed by atoms with Gasteiger partial charge >= 0.3 is 18.6 Å². The molecule has 6 nitrogen and oxygen atoms in total. The third kappa shape index (κ3) is 5.30. The Morgan fingerprint density at radius 2 is 2.12 bits per heavy atom. The summed E-state index contributed by atoms with van der Waals surface area (Å²) in [5, 5.41) is 11.8. The number of halogens is 2. The molecule has 2 unspecified atom stereocenters. The highest BCUT2D eigenvalue weighted by Crippen LogP contribution is 2.24. The summed E-state index contributed by atoms with van der Waals surface area (Å²) in [4.78, 5) is 25.0. The van der Waals surface area contributed by atoms with Crippen LogP contribution >= 0.6 is 0 Å². The molecule has 0 bridgehead atoms. The van der Waals surface area contributed by atoms with Crippen molar-refractivity contribution < 1.29 is 28.2 Å². The van der Waals surface area contributed by atoms with Crippen molar-refractivity contribution in [1.82, 2.24) is 10.2 Å². The summed E-state index contributed by atoms with van der Waals surface area (Å²) < 4.78 is 29.4. The number of likely N-dealkylation sites (tertiary alicyclic amines) is 1. The Bertz CT molecular complexity index is 639. The SMILES string of the molecule is Cc1ccc(OC(F)F)c(CNC(=O)N2CC(C)CC(C(=O)O)C2)c1. The number of benzene rings is 1. The summed E-state index contributed by atoms with van der Waals surface area (Å²) in [6.07, 6.45) is 0.531. The van der Waals surface area contributed by atoms with Crippen LogP contribution in [0.3, 0.4) is 0 Å². The Hall–Kier alpha value is -2.38. The number of ether oxygens (including phenoxy) is 1. The topological polar surface area (TPSA) is 78.9 Å². The molecule has 0 spiro atoms. The molecule has 0 aromatic heterocycles. The first-order valence-corrected chi connectivity index (χ1v) is 8.06. The van der Waals surface area contributed by atoms with E-state index in [1.165, 1.54) is 11.0 Å². The van der Waals surface area contributed by atoms with Crippen molar-refractivity contribution in [3.8, 4) is 5.75 Å². The number of carbonyl (C=O) groups excluding carboxylic acids is 1. The number of aliphatic carboxylic acids is 1. The van der Waals surface area contributed by atoms with Crippen molar-refractivity contribution in [2.45, 2.75) is 33.4 Å². The molecular weight excluding hydrogens is 334 g/mol. The minimum absolute atomic E-state index is 0.0105. The fourth-order valence-corrected chi connectivity index (χ4v) is 3.04. The molecule has 1 aliphatic heterocycles. The number of urea groups is 1. The molecule has 2 amide bonds. The fraction of sp³-hybridized carbons (Fsp3) is 0.529. The lowest BCUT2D eigenvalue weighted by Gasteiger charge is -2.34. The molecule has 1 saturated heterocycles. The fourth-order valence-electron chi connectivity index (χ4n) is 3.04. The zero-order valence-corrected chi connectivity index (χ0v) is 14.2. The number of piperidine rings is 1. The van der Waals surface area contributed by atoms with Gasteiger partial charge in [0.1, 0.15) is 5.75 Å². The van der Waals surface area contributed by atoms with Gasteiger partial charge in [0, 0.05) is 25.2 Å². The summed E-state index contributed by atoms with van der Waals surface area (Å²) >= 11 is 0. The van der Waals surface area contributed by atoms with Gasteiger partial charge in [-0.25, -0.2) is 4.79 Å². The zero-order valence-electron chi connectivity index (χ0n) is 14.2. The van der Waals surface area contributed by atoms with Gasteiger partial charge in [-0.1, -0.05) is 24.6 Å². The first-order valence-electron chi connectivity index (χ1n) is 8.06. The van der Waals surface area contributed by atoms with Crippen molar-refractivity contribution in [3.05, 3.63) is 29.3 Å². The van der Waals surface area contributed by atoms with Crippen LogP contribution in [0.2, 0.25) is 0 Å². The summed E-state index contributed by atoms with van der Waals surface area (Å²) in [5.41, 5.74) is 1.29. The number of amides is 2. The van der Waals surface area contributed by atoms with Gasteiger partial charge < -0.3 is 20.1 Å². The van der Waals surface area contributed by atoms with Gasteiger partial charge in [0.15, 0.2) is 0 Å². The van der Waals surface area contributed by atoms with E-state index in [0.29, 0.717) is 18.5 Å².